The molecule has 5 nitrogen and oxygen atoms in total. The first-order valence-corrected chi connectivity index (χ1v) is 6.49. The van der Waals surface area contributed by atoms with Crippen LogP contribution in [0.5, 0.6) is 0 Å². The number of carbonyl (C=O) groups excluding carboxylic acids is 1. The molecule has 1 aromatic heterocycles. The third-order valence-corrected chi connectivity index (χ3v) is 2.64. The number of amides is 1. The number of nitrogens with one attached hydrogen (secondary N) is 2. The summed E-state index contributed by atoms with van der Waals surface area (Å²) in [7, 11) is 0. The molecular formula is C15H19N3O2. The third kappa shape index (κ3) is 3.93. The minimum Gasteiger partial charge on any atom is -0.443 e. The molecule has 2 rings (SSSR count). The van der Waals surface area contributed by atoms with Gasteiger partial charge in [0.25, 0.3) is 0 Å². The van der Waals surface area contributed by atoms with Gasteiger partial charge in [0.2, 0.25) is 0 Å². The molecule has 0 spiro atoms. The molecule has 0 aliphatic carbocycles. The van der Waals surface area contributed by atoms with Gasteiger partial charge in [-0.15, -0.1) is 0 Å². The predicted molar refractivity (Wildman–Crippen MR) is 78.0 cm³/mol. The van der Waals surface area contributed by atoms with Crippen molar-refractivity contribution in [1.29, 1.82) is 0 Å². The van der Waals surface area contributed by atoms with E-state index in [1.54, 1.807) is 6.20 Å². The van der Waals surface area contributed by atoms with E-state index >= 15 is 0 Å². The Balaban J connectivity index is 1.95. The Kier molecular flexibility index (Phi) is 4.20. The highest BCUT2D eigenvalue weighted by Gasteiger charge is 2.15. The number of carbonyl (C=O) groups is 1. The molecule has 0 saturated carbocycles. The van der Waals surface area contributed by atoms with Crippen LogP contribution in [0.15, 0.2) is 36.7 Å². The van der Waals surface area contributed by atoms with Crippen molar-refractivity contribution in [3.8, 4) is 0 Å². The van der Waals surface area contributed by atoms with E-state index in [-0.39, 0.29) is 0 Å². The molecule has 2 N–H and O–H groups in total. The Labute approximate surface area is 118 Å². The van der Waals surface area contributed by atoms with Gasteiger partial charge in [0.1, 0.15) is 5.60 Å². The summed E-state index contributed by atoms with van der Waals surface area (Å²) < 4.78 is 5.14. The van der Waals surface area contributed by atoms with Gasteiger partial charge in [-0.25, -0.2) is 10.2 Å². The molecular weight excluding hydrogens is 254 g/mol. The highest BCUT2D eigenvalue weighted by atomic mass is 16.6. The second-order valence-electron chi connectivity index (χ2n) is 5.49. The maximum Gasteiger partial charge on any atom is 0.422 e. The van der Waals surface area contributed by atoms with Crippen LogP contribution < -0.4 is 10.9 Å². The summed E-state index contributed by atoms with van der Waals surface area (Å²) >= 11 is 0. The normalized spacial score (nSPS) is 11.3. The maximum atomic E-state index is 11.5. The minimum absolute atomic E-state index is 0.487. The number of fused-ring (bicyclic) bond motifs is 1. The van der Waals surface area contributed by atoms with Crippen molar-refractivity contribution in [2.45, 2.75) is 32.9 Å². The van der Waals surface area contributed by atoms with Crippen LogP contribution in [-0.2, 0) is 11.3 Å². The molecule has 0 saturated heterocycles. The molecule has 106 valence electrons. The van der Waals surface area contributed by atoms with E-state index in [0.29, 0.717) is 6.54 Å². The molecule has 0 aliphatic heterocycles. The van der Waals surface area contributed by atoms with Gasteiger partial charge in [-0.1, -0.05) is 18.2 Å². The summed E-state index contributed by atoms with van der Waals surface area (Å²) in [6.45, 7) is 5.99. The van der Waals surface area contributed by atoms with Gasteiger partial charge in [-0.05, 0) is 37.8 Å². The highest BCUT2D eigenvalue weighted by molar-refractivity contribution is 5.84. The zero-order valence-electron chi connectivity index (χ0n) is 11.9. The number of hydrogen-bond donors (Lipinski definition) is 2. The Morgan fingerprint density at radius 1 is 1.30 bits per heavy atom. The number of benzene rings is 1. The molecule has 2 aromatic rings. The number of pyridine rings is 1. The van der Waals surface area contributed by atoms with E-state index in [1.807, 2.05) is 51.2 Å². The van der Waals surface area contributed by atoms with E-state index in [0.717, 1.165) is 16.3 Å². The highest BCUT2D eigenvalue weighted by Crippen LogP contribution is 2.16. The molecule has 1 heterocycles. The fraction of sp³-hybridized carbons (Fsp3) is 0.333. The van der Waals surface area contributed by atoms with E-state index in [1.165, 1.54) is 0 Å². The topological polar surface area (TPSA) is 63.2 Å². The predicted octanol–water partition coefficient (Wildman–Crippen LogP) is 2.76. The summed E-state index contributed by atoms with van der Waals surface area (Å²) in [5, 5.41) is 2.19. The van der Waals surface area contributed by atoms with Gasteiger partial charge in [0.15, 0.2) is 0 Å². The average molecular weight is 273 g/mol. The smallest absolute Gasteiger partial charge is 0.422 e. The SMILES string of the molecule is CC(C)(C)OC(=O)NNCc1cccc2cnccc12. The van der Waals surface area contributed by atoms with Crippen LogP contribution in [0.4, 0.5) is 4.79 Å². The Morgan fingerprint density at radius 2 is 2.10 bits per heavy atom. The Morgan fingerprint density at radius 3 is 2.85 bits per heavy atom. The summed E-state index contributed by atoms with van der Waals surface area (Å²) in [5.74, 6) is 0. The number of ether oxygens (including phenoxy) is 1. The second-order valence-corrected chi connectivity index (χ2v) is 5.49. The van der Waals surface area contributed by atoms with E-state index in [2.05, 4.69) is 15.8 Å². The second kappa shape index (κ2) is 5.88. The zero-order valence-corrected chi connectivity index (χ0v) is 11.9. The minimum atomic E-state index is -0.503. The van der Waals surface area contributed by atoms with Crippen molar-refractivity contribution in [2.24, 2.45) is 0 Å². The van der Waals surface area contributed by atoms with Crippen LogP contribution in [0.1, 0.15) is 26.3 Å². The van der Waals surface area contributed by atoms with Crippen molar-refractivity contribution in [3.05, 3.63) is 42.2 Å². The summed E-state index contributed by atoms with van der Waals surface area (Å²) in [4.78, 5) is 15.6. The quantitative estimate of drug-likeness (QED) is 0.844. The molecule has 5 heteroatoms. The Bertz CT molecular complexity index is 600. The average Bonchev–Trinajstić information content (AvgIpc) is 2.37. The van der Waals surface area contributed by atoms with Crippen LogP contribution in [0.3, 0.4) is 0 Å². The van der Waals surface area contributed by atoms with E-state index in [9.17, 15) is 4.79 Å². The van der Waals surface area contributed by atoms with Crippen molar-refractivity contribution in [2.75, 3.05) is 0 Å². The number of nitrogens with zero attached hydrogens (tertiary/aromatic N) is 1. The van der Waals surface area contributed by atoms with Gasteiger partial charge in [0.05, 0.1) is 0 Å². The summed E-state index contributed by atoms with van der Waals surface area (Å²) in [5.41, 5.74) is 5.98. The van der Waals surface area contributed by atoms with Crippen LogP contribution in [0.2, 0.25) is 0 Å². The zero-order chi connectivity index (χ0) is 14.6. The van der Waals surface area contributed by atoms with Crippen molar-refractivity contribution in [3.63, 3.8) is 0 Å². The lowest BCUT2D eigenvalue weighted by atomic mass is 10.1. The van der Waals surface area contributed by atoms with Gasteiger partial charge in [0, 0.05) is 24.3 Å². The lowest BCUT2D eigenvalue weighted by Crippen LogP contribution is -2.40. The van der Waals surface area contributed by atoms with E-state index in [4.69, 9.17) is 4.74 Å². The van der Waals surface area contributed by atoms with Gasteiger partial charge in [-0.2, -0.15) is 0 Å². The number of hydrogen-bond acceptors (Lipinski definition) is 4. The van der Waals surface area contributed by atoms with Gasteiger partial charge < -0.3 is 4.74 Å². The van der Waals surface area contributed by atoms with Gasteiger partial charge in [-0.3, -0.25) is 10.4 Å². The number of aromatic nitrogens is 1. The molecule has 20 heavy (non-hydrogen) atoms. The molecule has 0 bridgehead atoms. The van der Waals surface area contributed by atoms with Crippen molar-refractivity contribution in [1.82, 2.24) is 15.8 Å². The molecule has 0 radical (unpaired) electrons. The van der Waals surface area contributed by atoms with Crippen LogP contribution in [0.25, 0.3) is 10.8 Å². The van der Waals surface area contributed by atoms with Crippen LogP contribution in [0, 0.1) is 0 Å². The summed E-state index contributed by atoms with van der Waals surface area (Å²) in [6.07, 6.45) is 3.09. The first kappa shape index (κ1) is 14.3. The standard InChI is InChI=1S/C15H19N3O2/c1-15(2,3)20-14(19)18-17-10-12-6-4-5-11-9-16-8-7-13(11)12/h4-9,17H,10H2,1-3H3,(H,18,19). The van der Waals surface area contributed by atoms with Gasteiger partial charge >= 0.3 is 6.09 Å². The monoisotopic (exact) mass is 273 g/mol. The third-order valence-electron chi connectivity index (χ3n) is 2.64. The molecule has 1 amide bonds. The fourth-order valence-corrected chi connectivity index (χ4v) is 1.86. The lowest BCUT2D eigenvalue weighted by Gasteiger charge is -2.20. The summed E-state index contributed by atoms with van der Waals surface area (Å²) in [6, 6.07) is 7.94. The lowest BCUT2D eigenvalue weighted by molar-refractivity contribution is 0.0497. The number of rotatable bonds is 3. The van der Waals surface area contributed by atoms with Crippen LogP contribution >= 0.6 is 0 Å². The van der Waals surface area contributed by atoms with E-state index < -0.39 is 11.7 Å². The largest absolute Gasteiger partial charge is 0.443 e. The molecule has 0 atom stereocenters. The maximum absolute atomic E-state index is 11.5. The first-order chi connectivity index (χ1) is 9.46. The fourth-order valence-electron chi connectivity index (χ4n) is 1.86. The Hall–Kier alpha value is -2.14. The molecule has 1 aromatic carbocycles. The molecule has 0 aliphatic rings. The molecule has 0 unspecified atom stereocenters. The van der Waals surface area contributed by atoms with Crippen LogP contribution in [-0.4, -0.2) is 16.7 Å². The van der Waals surface area contributed by atoms with Crippen molar-refractivity contribution >= 4 is 16.9 Å². The number of hydrazine groups is 1. The molecule has 0 fully saturated rings. The first-order valence-electron chi connectivity index (χ1n) is 6.49. The van der Waals surface area contributed by atoms with Crippen molar-refractivity contribution < 1.29 is 9.53 Å².